The Bertz CT molecular complexity index is 922. The second kappa shape index (κ2) is 6.90. The minimum Gasteiger partial charge on any atom is -0.497 e. The number of rotatable bonds is 4. The van der Waals surface area contributed by atoms with Gasteiger partial charge in [-0.25, -0.2) is 5.43 Å². The van der Waals surface area contributed by atoms with E-state index in [0.717, 1.165) is 23.4 Å². The second-order valence-corrected chi connectivity index (χ2v) is 6.64. The normalized spacial score (nSPS) is 19.7. The van der Waals surface area contributed by atoms with Gasteiger partial charge in [0.25, 0.3) is 0 Å². The van der Waals surface area contributed by atoms with Crippen molar-refractivity contribution in [1.82, 2.24) is 21.0 Å². The molecule has 0 spiro atoms. The van der Waals surface area contributed by atoms with E-state index in [2.05, 4.69) is 53.0 Å². The topological polar surface area (TPSA) is 72.2 Å². The lowest BCUT2D eigenvalue weighted by atomic mass is 9.94. The van der Waals surface area contributed by atoms with E-state index in [9.17, 15) is 0 Å². The molecule has 1 aromatic heterocycles. The molecular formula is C20H22N4O2. The summed E-state index contributed by atoms with van der Waals surface area (Å²) in [6.07, 6.45) is 0. The van der Waals surface area contributed by atoms with E-state index in [-0.39, 0.29) is 12.0 Å². The number of ether oxygens (including phenoxy) is 1. The molecule has 2 atom stereocenters. The molecule has 0 amide bonds. The Labute approximate surface area is 152 Å². The maximum atomic E-state index is 5.61. The Kier molecular flexibility index (Phi) is 4.44. The van der Waals surface area contributed by atoms with Gasteiger partial charge in [-0.2, -0.15) is 4.98 Å². The Hall–Kier alpha value is -2.70. The summed E-state index contributed by atoms with van der Waals surface area (Å²) in [6, 6.07) is 14.3. The van der Waals surface area contributed by atoms with Crippen molar-refractivity contribution in [3.05, 3.63) is 65.0 Å². The van der Waals surface area contributed by atoms with Crippen LogP contribution in [0.15, 0.2) is 47.0 Å². The van der Waals surface area contributed by atoms with Gasteiger partial charge in [-0.3, -0.25) is 5.43 Å². The standard InChI is InChI=1S/C20H22N4O2/c1-12-7-8-15(9-13(12)2)19-22-20(26-24-19)17-11-21-23-18(17)14-5-4-6-16(10-14)25-3/h4-10,17-18,21,23H,11H2,1-3H3. The minimum absolute atomic E-state index is 0.0400. The first kappa shape index (κ1) is 16.8. The Balaban J connectivity index is 1.62. The monoisotopic (exact) mass is 350 g/mol. The van der Waals surface area contributed by atoms with Gasteiger partial charge in [-0.05, 0) is 48.7 Å². The van der Waals surface area contributed by atoms with Gasteiger partial charge in [0, 0.05) is 12.1 Å². The first-order valence-electron chi connectivity index (χ1n) is 8.69. The van der Waals surface area contributed by atoms with Crippen LogP contribution in [0.4, 0.5) is 0 Å². The third-order valence-corrected chi connectivity index (χ3v) is 4.96. The zero-order valence-electron chi connectivity index (χ0n) is 15.1. The third-order valence-electron chi connectivity index (χ3n) is 4.96. The molecule has 0 radical (unpaired) electrons. The van der Waals surface area contributed by atoms with Crippen LogP contribution in [-0.2, 0) is 0 Å². The third kappa shape index (κ3) is 3.09. The summed E-state index contributed by atoms with van der Waals surface area (Å²) in [5.74, 6) is 2.13. The van der Waals surface area contributed by atoms with E-state index in [0.29, 0.717) is 11.7 Å². The van der Waals surface area contributed by atoms with E-state index in [1.54, 1.807) is 7.11 Å². The van der Waals surface area contributed by atoms with E-state index < -0.39 is 0 Å². The molecule has 2 N–H and O–H groups in total. The molecule has 3 aromatic rings. The van der Waals surface area contributed by atoms with Crippen molar-refractivity contribution in [2.45, 2.75) is 25.8 Å². The van der Waals surface area contributed by atoms with Crippen molar-refractivity contribution in [2.75, 3.05) is 13.7 Å². The molecule has 1 aliphatic heterocycles. The molecule has 0 aliphatic carbocycles. The number of methoxy groups -OCH3 is 1. The van der Waals surface area contributed by atoms with Crippen molar-refractivity contribution < 1.29 is 9.26 Å². The highest BCUT2D eigenvalue weighted by molar-refractivity contribution is 5.56. The number of hydrogen-bond acceptors (Lipinski definition) is 6. The van der Waals surface area contributed by atoms with Crippen LogP contribution in [0.1, 0.15) is 34.5 Å². The molecule has 1 aliphatic rings. The van der Waals surface area contributed by atoms with Crippen LogP contribution in [0.3, 0.4) is 0 Å². The molecule has 2 heterocycles. The van der Waals surface area contributed by atoms with Crippen LogP contribution in [0.2, 0.25) is 0 Å². The van der Waals surface area contributed by atoms with Gasteiger partial charge < -0.3 is 9.26 Å². The largest absolute Gasteiger partial charge is 0.497 e. The van der Waals surface area contributed by atoms with Crippen molar-refractivity contribution in [3.63, 3.8) is 0 Å². The molecule has 0 saturated carbocycles. The summed E-state index contributed by atoms with van der Waals surface area (Å²) in [6.45, 7) is 4.90. The maximum absolute atomic E-state index is 5.61. The number of hydrazine groups is 1. The summed E-state index contributed by atoms with van der Waals surface area (Å²) in [4.78, 5) is 4.66. The maximum Gasteiger partial charge on any atom is 0.233 e. The number of nitrogens with one attached hydrogen (secondary N) is 2. The predicted molar refractivity (Wildman–Crippen MR) is 98.8 cm³/mol. The molecule has 4 rings (SSSR count). The summed E-state index contributed by atoms with van der Waals surface area (Å²) < 4.78 is 10.9. The van der Waals surface area contributed by atoms with Crippen LogP contribution in [0.5, 0.6) is 5.75 Å². The van der Waals surface area contributed by atoms with Gasteiger partial charge in [0.1, 0.15) is 5.75 Å². The fourth-order valence-corrected chi connectivity index (χ4v) is 3.26. The van der Waals surface area contributed by atoms with Crippen molar-refractivity contribution in [1.29, 1.82) is 0 Å². The lowest BCUT2D eigenvalue weighted by Gasteiger charge is -2.16. The Morgan fingerprint density at radius 2 is 2.00 bits per heavy atom. The van der Waals surface area contributed by atoms with E-state index in [1.165, 1.54) is 11.1 Å². The van der Waals surface area contributed by atoms with Crippen LogP contribution in [0.25, 0.3) is 11.4 Å². The number of aromatic nitrogens is 2. The van der Waals surface area contributed by atoms with Crippen LogP contribution in [-0.4, -0.2) is 23.8 Å². The molecule has 134 valence electrons. The van der Waals surface area contributed by atoms with E-state index in [1.807, 2.05) is 24.3 Å². The smallest absolute Gasteiger partial charge is 0.233 e. The molecule has 1 fully saturated rings. The van der Waals surface area contributed by atoms with Gasteiger partial charge in [-0.1, -0.05) is 29.4 Å². The number of hydrogen-bond donors (Lipinski definition) is 2. The lowest BCUT2D eigenvalue weighted by molar-refractivity contribution is 0.346. The molecule has 26 heavy (non-hydrogen) atoms. The molecule has 2 aromatic carbocycles. The highest BCUT2D eigenvalue weighted by atomic mass is 16.5. The number of aryl methyl sites for hydroxylation is 2. The average Bonchev–Trinajstić information content (AvgIpc) is 3.33. The Morgan fingerprint density at radius 3 is 2.81 bits per heavy atom. The molecule has 2 unspecified atom stereocenters. The predicted octanol–water partition coefficient (Wildman–Crippen LogP) is 3.29. The van der Waals surface area contributed by atoms with Crippen molar-refractivity contribution >= 4 is 0 Å². The highest BCUT2D eigenvalue weighted by Crippen LogP contribution is 2.34. The first-order valence-corrected chi connectivity index (χ1v) is 8.69. The Morgan fingerprint density at radius 1 is 1.12 bits per heavy atom. The number of nitrogens with zero attached hydrogens (tertiary/aromatic N) is 2. The zero-order valence-corrected chi connectivity index (χ0v) is 15.1. The van der Waals surface area contributed by atoms with Crippen LogP contribution >= 0.6 is 0 Å². The van der Waals surface area contributed by atoms with Gasteiger partial charge in [0.2, 0.25) is 11.7 Å². The zero-order chi connectivity index (χ0) is 18.1. The van der Waals surface area contributed by atoms with Gasteiger partial charge in [-0.15, -0.1) is 0 Å². The minimum atomic E-state index is 0.0400. The summed E-state index contributed by atoms with van der Waals surface area (Å²) in [5.41, 5.74) is 11.1. The van der Waals surface area contributed by atoms with Gasteiger partial charge in [0.15, 0.2) is 0 Å². The molecule has 6 heteroatoms. The average molecular weight is 350 g/mol. The van der Waals surface area contributed by atoms with E-state index in [4.69, 9.17) is 9.26 Å². The van der Waals surface area contributed by atoms with Crippen LogP contribution in [0, 0.1) is 13.8 Å². The van der Waals surface area contributed by atoms with Gasteiger partial charge in [0.05, 0.1) is 19.1 Å². The summed E-state index contributed by atoms with van der Waals surface area (Å²) in [7, 11) is 1.67. The lowest BCUT2D eigenvalue weighted by Crippen LogP contribution is -2.24. The van der Waals surface area contributed by atoms with Crippen LogP contribution < -0.4 is 15.6 Å². The molecule has 0 bridgehead atoms. The van der Waals surface area contributed by atoms with Crippen molar-refractivity contribution in [3.8, 4) is 17.1 Å². The first-order chi connectivity index (χ1) is 12.7. The highest BCUT2D eigenvalue weighted by Gasteiger charge is 2.34. The summed E-state index contributed by atoms with van der Waals surface area (Å²) >= 11 is 0. The molecule has 6 nitrogen and oxygen atoms in total. The van der Waals surface area contributed by atoms with E-state index >= 15 is 0 Å². The molecular weight excluding hydrogens is 328 g/mol. The summed E-state index contributed by atoms with van der Waals surface area (Å²) in [5, 5.41) is 4.20. The van der Waals surface area contributed by atoms with Crippen molar-refractivity contribution in [2.24, 2.45) is 0 Å². The second-order valence-electron chi connectivity index (χ2n) is 6.64. The quantitative estimate of drug-likeness (QED) is 0.752. The van der Waals surface area contributed by atoms with Gasteiger partial charge >= 0.3 is 0 Å². The SMILES string of the molecule is COc1cccc(C2NNCC2c2nc(-c3ccc(C)c(C)c3)no2)c1. The molecule has 1 saturated heterocycles. The number of benzene rings is 2. The fraction of sp³-hybridized carbons (Fsp3) is 0.300. The fourth-order valence-electron chi connectivity index (χ4n) is 3.26.